The Labute approximate surface area is 146 Å². The van der Waals surface area contributed by atoms with Crippen molar-refractivity contribution in [3.63, 3.8) is 0 Å². The van der Waals surface area contributed by atoms with E-state index in [1.807, 2.05) is 48.4 Å². The number of hydrogen-bond acceptors (Lipinski definition) is 5. The number of rotatable bonds is 7. The summed E-state index contributed by atoms with van der Waals surface area (Å²) in [7, 11) is 10.7. The Kier molecular flexibility index (Phi) is 5.83. The van der Waals surface area contributed by atoms with Crippen molar-refractivity contribution in [3.8, 4) is 0 Å². The van der Waals surface area contributed by atoms with E-state index >= 15 is 0 Å². The first-order valence-corrected chi connectivity index (χ1v) is 8.48. The fourth-order valence-corrected chi connectivity index (χ4v) is 2.55. The van der Waals surface area contributed by atoms with Crippen molar-refractivity contribution in [2.24, 2.45) is 10.2 Å². The summed E-state index contributed by atoms with van der Waals surface area (Å²) in [6.07, 6.45) is 3.95. The highest BCUT2D eigenvalue weighted by atomic mass is 15.5. The van der Waals surface area contributed by atoms with Gasteiger partial charge < -0.3 is 19.2 Å². The van der Waals surface area contributed by atoms with Gasteiger partial charge in [0.2, 0.25) is 6.29 Å². The Balaban J connectivity index is 1.99. The van der Waals surface area contributed by atoms with Crippen molar-refractivity contribution in [2.75, 3.05) is 59.8 Å². The molecular formula is C18H31N6+. The van der Waals surface area contributed by atoms with Crippen LogP contribution >= 0.6 is 0 Å². The molecule has 0 amide bonds. The molecule has 0 saturated carbocycles. The number of azo groups is 1. The SMILES string of the molecule is CCN(CC[N+](C)(C)C)c1ccc(/N=N/C2N(C)C=CN2C)cc1. The third-order valence-corrected chi connectivity index (χ3v) is 4.18. The Hall–Kier alpha value is -2.08. The van der Waals surface area contributed by atoms with Crippen LogP contribution in [0.1, 0.15) is 6.92 Å². The molecule has 0 atom stereocenters. The van der Waals surface area contributed by atoms with Gasteiger partial charge in [0.1, 0.15) is 0 Å². The molecule has 0 bridgehead atoms. The van der Waals surface area contributed by atoms with Crippen LogP contribution in [0, 0.1) is 0 Å². The van der Waals surface area contributed by atoms with E-state index in [0.717, 1.165) is 29.8 Å². The number of hydrogen-bond donors (Lipinski definition) is 0. The Morgan fingerprint density at radius 2 is 1.62 bits per heavy atom. The maximum Gasteiger partial charge on any atom is 0.217 e. The fourth-order valence-electron chi connectivity index (χ4n) is 2.55. The maximum atomic E-state index is 4.42. The van der Waals surface area contributed by atoms with Gasteiger partial charge in [0, 0.05) is 38.7 Å². The molecule has 1 aliphatic heterocycles. The number of nitrogens with zero attached hydrogens (tertiary/aromatic N) is 6. The van der Waals surface area contributed by atoms with Crippen LogP contribution in [0.2, 0.25) is 0 Å². The lowest BCUT2D eigenvalue weighted by atomic mass is 10.2. The van der Waals surface area contributed by atoms with Crippen molar-refractivity contribution in [2.45, 2.75) is 13.2 Å². The van der Waals surface area contributed by atoms with E-state index in [2.05, 4.69) is 55.3 Å². The van der Waals surface area contributed by atoms with E-state index in [4.69, 9.17) is 0 Å². The Morgan fingerprint density at radius 1 is 1.04 bits per heavy atom. The van der Waals surface area contributed by atoms with Gasteiger partial charge in [-0.1, -0.05) is 0 Å². The lowest BCUT2D eigenvalue weighted by Gasteiger charge is -2.29. The third kappa shape index (κ3) is 4.96. The van der Waals surface area contributed by atoms with Crippen LogP contribution in [0.3, 0.4) is 0 Å². The molecule has 0 aliphatic carbocycles. The standard InChI is InChI=1S/C18H31N6/c1-7-23(14-15-24(4,5)6)17-10-8-16(9-11-17)19-20-18-21(2)12-13-22(18)3/h8-13,18H,7,14-15H2,1-6H3/q+1/b20-19+. The molecule has 6 heteroatoms. The van der Waals surface area contributed by atoms with Crippen molar-refractivity contribution >= 4 is 11.4 Å². The predicted octanol–water partition coefficient (Wildman–Crippen LogP) is 2.93. The molecule has 132 valence electrons. The van der Waals surface area contributed by atoms with E-state index in [1.165, 1.54) is 5.69 Å². The van der Waals surface area contributed by atoms with Gasteiger partial charge in [-0.05, 0) is 31.2 Å². The van der Waals surface area contributed by atoms with Crippen LogP contribution < -0.4 is 4.90 Å². The van der Waals surface area contributed by atoms with Gasteiger partial charge >= 0.3 is 0 Å². The summed E-state index contributed by atoms with van der Waals surface area (Å²) in [6, 6.07) is 8.34. The molecule has 0 fully saturated rings. The van der Waals surface area contributed by atoms with Gasteiger partial charge in [-0.2, -0.15) is 5.11 Å². The smallest absolute Gasteiger partial charge is 0.217 e. The molecular weight excluding hydrogens is 300 g/mol. The summed E-state index contributed by atoms with van der Waals surface area (Å²) in [5, 5.41) is 8.80. The molecule has 0 N–H and O–H groups in total. The zero-order chi connectivity index (χ0) is 17.7. The first-order valence-electron chi connectivity index (χ1n) is 8.48. The minimum absolute atomic E-state index is 0.0543. The van der Waals surface area contributed by atoms with E-state index in [1.54, 1.807) is 0 Å². The minimum atomic E-state index is -0.0543. The Morgan fingerprint density at radius 3 is 2.12 bits per heavy atom. The molecule has 0 saturated heterocycles. The lowest BCUT2D eigenvalue weighted by molar-refractivity contribution is -0.868. The van der Waals surface area contributed by atoms with Crippen LogP contribution in [0.15, 0.2) is 46.9 Å². The van der Waals surface area contributed by atoms with Gasteiger partial charge in [0.05, 0.1) is 39.9 Å². The first kappa shape index (κ1) is 18.3. The summed E-state index contributed by atoms with van der Waals surface area (Å²) < 4.78 is 0.971. The molecule has 1 aromatic rings. The third-order valence-electron chi connectivity index (χ3n) is 4.18. The molecule has 0 radical (unpaired) electrons. The zero-order valence-corrected chi connectivity index (χ0v) is 15.8. The quantitative estimate of drug-likeness (QED) is 0.569. The molecule has 2 rings (SSSR count). The first-order chi connectivity index (χ1) is 11.3. The number of likely N-dealkylation sites (N-methyl/N-ethyl adjacent to an activating group) is 2. The summed E-state index contributed by atoms with van der Waals surface area (Å²) in [6.45, 7) is 5.36. The molecule has 6 nitrogen and oxygen atoms in total. The van der Waals surface area contributed by atoms with Crippen LogP contribution in [-0.2, 0) is 0 Å². The largest absolute Gasteiger partial charge is 0.366 e. The van der Waals surface area contributed by atoms with Gasteiger partial charge in [-0.15, -0.1) is 5.11 Å². The van der Waals surface area contributed by atoms with Gasteiger partial charge in [0.15, 0.2) is 0 Å². The minimum Gasteiger partial charge on any atom is -0.366 e. The monoisotopic (exact) mass is 331 g/mol. The number of quaternary nitrogens is 1. The van der Waals surface area contributed by atoms with Gasteiger partial charge in [-0.25, -0.2) is 0 Å². The average molecular weight is 331 g/mol. The van der Waals surface area contributed by atoms with E-state index in [9.17, 15) is 0 Å². The molecule has 0 aromatic heterocycles. The highest BCUT2D eigenvalue weighted by Gasteiger charge is 2.19. The second-order valence-electron chi connectivity index (χ2n) is 7.30. The van der Waals surface area contributed by atoms with Gasteiger partial charge in [-0.3, -0.25) is 0 Å². The topological polar surface area (TPSA) is 34.4 Å². The van der Waals surface area contributed by atoms with Crippen LogP contribution in [-0.4, -0.2) is 75.4 Å². The van der Waals surface area contributed by atoms with E-state index in [0.29, 0.717) is 0 Å². The molecule has 0 unspecified atom stereocenters. The average Bonchev–Trinajstić information content (AvgIpc) is 2.85. The summed E-state index contributed by atoms with van der Waals surface area (Å²) in [4.78, 5) is 6.45. The lowest BCUT2D eigenvalue weighted by Crippen LogP contribution is -2.42. The predicted molar refractivity (Wildman–Crippen MR) is 100 cm³/mol. The highest BCUT2D eigenvalue weighted by Crippen LogP contribution is 2.22. The molecule has 1 aliphatic rings. The summed E-state index contributed by atoms with van der Waals surface area (Å²) in [5.41, 5.74) is 2.12. The van der Waals surface area contributed by atoms with E-state index in [-0.39, 0.29) is 6.29 Å². The molecule has 24 heavy (non-hydrogen) atoms. The van der Waals surface area contributed by atoms with Crippen LogP contribution in [0.5, 0.6) is 0 Å². The summed E-state index contributed by atoms with van der Waals surface area (Å²) in [5.74, 6) is 0. The van der Waals surface area contributed by atoms with Crippen molar-refractivity contribution in [1.82, 2.24) is 9.80 Å². The van der Waals surface area contributed by atoms with Crippen molar-refractivity contribution < 1.29 is 4.48 Å². The Bertz CT molecular complexity index is 560. The maximum absolute atomic E-state index is 4.42. The fraction of sp³-hybridized carbons (Fsp3) is 0.556. The van der Waals surface area contributed by atoms with Crippen molar-refractivity contribution in [3.05, 3.63) is 36.7 Å². The van der Waals surface area contributed by atoms with Gasteiger partial charge in [0.25, 0.3) is 0 Å². The van der Waals surface area contributed by atoms with Crippen LogP contribution in [0.25, 0.3) is 0 Å². The second kappa shape index (κ2) is 7.66. The normalized spacial score (nSPS) is 15.8. The zero-order valence-electron chi connectivity index (χ0n) is 15.8. The van der Waals surface area contributed by atoms with E-state index < -0.39 is 0 Å². The van der Waals surface area contributed by atoms with Crippen molar-refractivity contribution in [1.29, 1.82) is 0 Å². The molecule has 1 aromatic carbocycles. The number of anilines is 1. The second-order valence-corrected chi connectivity index (χ2v) is 7.30. The van der Waals surface area contributed by atoms with Crippen LogP contribution in [0.4, 0.5) is 11.4 Å². The molecule has 1 heterocycles. The highest BCUT2D eigenvalue weighted by molar-refractivity contribution is 5.52. The number of benzene rings is 1. The molecule has 0 spiro atoms. The summed E-state index contributed by atoms with van der Waals surface area (Å²) >= 11 is 0.